The summed E-state index contributed by atoms with van der Waals surface area (Å²) in [6.07, 6.45) is 5.05. The highest BCUT2D eigenvalue weighted by atomic mass is 16.4. The lowest BCUT2D eigenvalue weighted by Crippen LogP contribution is -2.34. The fraction of sp³-hybridized carbons (Fsp3) is 0.536. The van der Waals surface area contributed by atoms with Crippen molar-refractivity contribution in [1.82, 2.24) is 0 Å². The van der Waals surface area contributed by atoms with Gasteiger partial charge in [-0.2, -0.15) is 0 Å². The van der Waals surface area contributed by atoms with Crippen LogP contribution in [0.3, 0.4) is 0 Å². The van der Waals surface area contributed by atoms with Crippen molar-refractivity contribution in [3.8, 4) is 0 Å². The number of carboxylic acids is 1. The van der Waals surface area contributed by atoms with E-state index in [1.54, 1.807) is 12.1 Å². The zero-order valence-corrected chi connectivity index (χ0v) is 20.2. The molecule has 1 aliphatic carbocycles. The molecule has 1 aliphatic rings. The van der Waals surface area contributed by atoms with Crippen LogP contribution in [0.4, 0.5) is 0 Å². The van der Waals surface area contributed by atoms with E-state index in [-0.39, 0.29) is 16.2 Å². The average Bonchev–Trinajstić information content (AvgIpc) is 2.71. The van der Waals surface area contributed by atoms with Crippen LogP contribution < -0.4 is 0 Å². The van der Waals surface area contributed by atoms with Gasteiger partial charge in [-0.1, -0.05) is 98.6 Å². The molecule has 0 aliphatic heterocycles. The number of rotatable bonds is 4. The van der Waals surface area contributed by atoms with Crippen molar-refractivity contribution in [2.45, 2.75) is 97.3 Å². The third-order valence-electron chi connectivity index (χ3n) is 6.93. The van der Waals surface area contributed by atoms with Crippen LogP contribution in [0.1, 0.15) is 114 Å². The molecule has 1 N–H and O–H groups in total. The van der Waals surface area contributed by atoms with Gasteiger partial charge in [-0.05, 0) is 58.1 Å². The second-order valence-electron chi connectivity index (χ2n) is 10.5. The maximum atomic E-state index is 11.1. The van der Waals surface area contributed by atoms with Gasteiger partial charge >= 0.3 is 5.97 Å². The first-order chi connectivity index (χ1) is 13.9. The van der Waals surface area contributed by atoms with E-state index >= 15 is 0 Å². The first-order valence-corrected chi connectivity index (χ1v) is 11.4. The molecule has 3 rings (SSSR count). The van der Waals surface area contributed by atoms with E-state index < -0.39 is 5.97 Å². The minimum absolute atomic E-state index is 0.177. The molecule has 0 atom stereocenters. The summed E-state index contributed by atoms with van der Waals surface area (Å²) < 4.78 is 0. The Morgan fingerprint density at radius 2 is 1.30 bits per heavy atom. The van der Waals surface area contributed by atoms with Gasteiger partial charge < -0.3 is 5.11 Å². The maximum Gasteiger partial charge on any atom is 0.335 e. The van der Waals surface area contributed by atoms with Gasteiger partial charge in [0.05, 0.1) is 5.56 Å². The summed E-state index contributed by atoms with van der Waals surface area (Å²) in [6, 6.07) is 14.2. The maximum absolute atomic E-state index is 11.1. The molecule has 2 heteroatoms. The predicted octanol–water partition coefficient (Wildman–Crippen LogP) is 7.87. The van der Waals surface area contributed by atoms with E-state index in [9.17, 15) is 4.79 Å². The fourth-order valence-corrected chi connectivity index (χ4v) is 4.17. The molecule has 0 radical (unpaired) electrons. The molecule has 0 amide bonds. The second kappa shape index (κ2) is 8.96. The largest absolute Gasteiger partial charge is 0.478 e. The molecule has 164 valence electrons. The first kappa shape index (κ1) is 24.2. The molecule has 2 nitrogen and oxygen atoms in total. The molecule has 0 heterocycles. The van der Waals surface area contributed by atoms with Gasteiger partial charge in [-0.3, -0.25) is 0 Å². The lowest BCUT2D eigenvalue weighted by molar-refractivity contribution is 0.0697. The molecule has 2 aromatic carbocycles. The van der Waals surface area contributed by atoms with Crippen molar-refractivity contribution in [3.63, 3.8) is 0 Å². The normalized spacial score (nSPS) is 16.8. The Balaban J connectivity index is 0.000000735. The molecule has 0 spiro atoms. The van der Waals surface area contributed by atoms with Crippen LogP contribution in [0.2, 0.25) is 0 Å². The van der Waals surface area contributed by atoms with Crippen molar-refractivity contribution >= 4 is 5.97 Å². The van der Waals surface area contributed by atoms with Crippen LogP contribution in [0, 0.1) is 0 Å². The highest BCUT2D eigenvalue weighted by Gasteiger charge is 2.38. The Morgan fingerprint density at radius 3 is 1.77 bits per heavy atom. The predicted molar refractivity (Wildman–Crippen MR) is 128 cm³/mol. The minimum atomic E-state index is -0.882. The smallest absolute Gasteiger partial charge is 0.335 e. The molecular formula is C28H40O2. The number of aromatic carboxylic acids is 1. The van der Waals surface area contributed by atoms with Gasteiger partial charge in [-0.15, -0.1) is 0 Å². The Kier molecular flexibility index (Phi) is 7.22. The monoisotopic (exact) mass is 408 g/mol. The van der Waals surface area contributed by atoms with Crippen LogP contribution in [0.5, 0.6) is 0 Å². The van der Waals surface area contributed by atoms with Crippen molar-refractivity contribution in [3.05, 3.63) is 70.3 Å². The molecule has 0 unspecified atom stereocenters. The Morgan fingerprint density at radius 1 is 0.833 bits per heavy atom. The molecule has 0 saturated carbocycles. The molecule has 0 fully saturated rings. The van der Waals surface area contributed by atoms with E-state index in [2.05, 4.69) is 73.6 Å². The Bertz CT molecular complexity index is 868. The van der Waals surface area contributed by atoms with E-state index in [1.807, 2.05) is 12.1 Å². The van der Waals surface area contributed by atoms with Gasteiger partial charge in [0.25, 0.3) is 0 Å². The summed E-state index contributed by atoms with van der Waals surface area (Å²) >= 11 is 0. The summed E-state index contributed by atoms with van der Waals surface area (Å²) in [5.41, 5.74) is 5.90. The number of fused-ring (bicyclic) bond motifs is 1. The zero-order chi connectivity index (χ0) is 22.7. The van der Waals surface area contributed by atoms with E-state index in [1.165, 1.54) is 42.4 Å². The van der Waals surface area contributed by atoms with Crippen LogP contribution in [-0.2, 0) is 16.2 Å². The van der Waals surface area contributed by atoms with Gasteiger partial charge in [0.1, 0.15) is 0 Å². The molecule has 0 bridgehead atoms. The van der Waals surface area contributed by atoms with Gasteiger partial charge in [0.15, 0.2) is 0 Å². The number of benzene rings is 2. The molecule has 2 aromatic rings. The number of carboxylic acid groups (broad SMARTS) is 1. The SMILES string of the molecule is CC1(C)CCC(C)(C)c2cc(C(C)(C)c3ccc(C(=O)O)cc3)ccc21.CCCC. The van der Waals surface area contributed by atoms with Crippen LogP contribution in [-0.4, -0.2) is 11.1 Å². The number of hydrogen-bond donors (Lipinski definition) is 1. The summed E-state index contributed by atoms with van der Waals surface area (Å²) in [7, 11) is 0. The number of carbonyl (C=O) groups is 1. The van der Waals surface area contributed by atoms with E-state index in [0.29, 0.717) is 5.56 Å². The van der Waals surface area contributed by atoms with Crippen molar-refractivity contribution in [2.24, 2.45) is 0 Å². The zero-order valence-electron chi connectivity index (χ0n) is 20.2. The van der Waals surface area contributed by atoms with Crippen LogP contribution >= 0.6 is 0 Å². The van der Waals surface area contributed by atoms with Crippen molar-refractivity contribution in [1.29, 1.82) is 0 Å². The van der Waals surface area contributed by atoms with Crippen LogP contribution in [0.25, 0.3) is 0 Å². The summed E-state index contributed by atoms with van der Waals surface area (Å²) in [4.78, 5) is 11.1. The van der Waals surface area contributed by atoms with E-state index in [4.69, 9.17) is 5.11 Å². The lowest BCUT2D eigenvalue weighted by Gasteiger charge is -2.43. The second-order valence-corrected chi connectivity index (χ2v) is 10.5. The van der Waals surface area contributed by atoms with E-state index in [0.717, 1.165) is 5.56 Å². The summed E-state index contributed by atoms with van der Waals surface area (Å²) in [5, 5.41) is 9.13. The molecular weight excluding hydrogens is 368 g/mol. The fourth-order valence-electron chi connectivity index (χ4n) is 4.17. The van der Waals surface area contributed by atoms with Crippen molar-refractivity contribution in [2.75, 3.05) is 0 Å². The van der Waals surface area contributed by atoms with Crippen molar-refractivity contribution < 1.29 is 9.90 Å². The molecule has 0 aromatic heterocycles. The Hall–Kier alpha value is -2.09. The number of unbranched alkanes of at least 4 members (excludes halogenated alkanes) is 1. The van der Waals surface area contributed by atoms with Gasteiger partial charge in [0.2, 0.25) is 0 Å². The standard InChI is InChI=1S/C24H30O2.C4H10/c1-22(2)13-14-23(3,4)20-15-18(11-12-19(20)22)24(5,6)17-9-7-16(8-10-17)21(25)26;1-3-4-2/h7-12,15H,13-14H2,1-6H3,(H,25,26);3-4H2,1-2H3. The average molecular weight is 409 g/mol. The topological polar surface area (TPSA) is 37.3 Å². The van der Waals surface area contributed by atoms with Gasteiger partial charge in [-0.25, -0.2) is 4.79 Å². The third kappa shape index (κ3) is 4.96. The third-order valence-corrected chi connectivity index (χ3v) is 6.93. The molecule has 30 heavy (non-hydrogen) atoms. The quantitative estimate of drug-likeness (QED) is 0.559. The number of hydrogen-bond acceptors (Lipinski definition) is 1. The summed E-state index contributed by atoms with van der Waals surface area (Å²) in [5.74, 6) is -0.882. The summed E-state index contributed by atoms with van der Waals surface area (Å²) in [6.45, 7) is 18.2. The highest BCUT2D eigenvalue weighted by Crippen LogP contribution is 2.47. The van der Waals surface area contributed by atoms with Gasteiger partial charge in [0, 0.05) is 5.41 Å². The highest BCUT2D eigenvalue weighted by molar-refractivity contribution is 5.87. The Labute approximate surface area is 183 Å². The minimum Gasteiger partial charge on any atom is -0.478 e. The lowest BCUT2D eigenvalue weighted by atomic mass is 9.62. The first-order valence-electron chi connectivity index (χ1n) is 11.4. The molecule has 0 saturated heterocycles. The van der Waals surface area contributed by atoms with Crippen LogP contribution in [0.15, 0.2) is 42.5 Å².